The van der Waals surface area contributed by atoms with Crippen LogP contribution >= 0.6 is 11.6 Å². The van der Waals surface area contributed by atoms with Gasteiger partial charge in [0.05, 0.1) is 5.75 Å². The number of hydrogen-bond donors (Lipinski definition) is 1. The number of benzene rings is 1. The molecule has 0 saturated heterocycles. The van der Waals surface area contributed by atoms with Gasteiger partial charge in [0.2, 0.25) is 10.0 Å². The van der Waals surface area contributed by atoms with E-state index in [9.17, 15) is 8.42 Å². The summed E-state index contributed by atoms with van der Waals surface area (Å²) in [6, 6.07) is 8.81. The van der Waals surface area contributed by atoms with Crippen LogP contribution in [-0.4, -0.2) is 13.0 Å². The van der Waals surface area contributed by atoms with Gasteiger partial charge in [-0.2, -0.15) is 0 Å². The second-order valence-electron chi connectivity index (χ2n) is 4.36. The fourth-order valence-corrected chi connectivity index (χ4v) is 3.16. The summed E-state index contributed by atoms with van der Waals surface area (Å²) < 4.78 is 28.3. The molecule has 0 bridgehead atoms. The number of aromatic nitrogens is 1. The van der Waals surface area contributed by atoms with Crippen molar-refractivity contribution in [3.8, 4) is 0 Å². The molecule has 19 heavy (non-hydrogen) atoms. The molecular formula is C13H15ClN2O2S. The van der Waals surface area contributed by atoms with Crippen LogP contribution in [-0.2, 0) is 29.4 Å². The van der Waals surface area contributed by atoms with Gasteiger partial charge >= 0.3 is 0 Å². The highest BCUT2D eigenvalue weighted by atomic mass is 35.5. The third kappa shape index (κ3) is 4.09. The molecule has 0 unspecified atom stereocenters. The van der Waals surface area contributed by atoms with Gasteiger partial charge in [-0.25, -0.2) is 13.1 Å². The highest BCUT2D eigenvalue weighted by molar-refractivity contribution is 7.88. The first kappa shape index (κ1) is 14.1. The lowest BCUT2D eigenvalue weighted by molar-refractivity contribution is 0.580. The maximum absolute atomic E-state index is 12.0. The van der Waals surface area contributed by atoms with Crippen molar-refractivity contribution in [2.24, 2.45) is 7.05 Å². The molecule has 0 saturated carbocycles. The number of nitrogens with one attached hydrogen (secondary N) is 1. The summed E-state index contributed by atoms with van der Waals surface area (Å²) in [5.74, 6) is -0.112. The van der Waals surface area contributed by atoms with Gasteiger partial charge in [-0.15, -0.1) is 0 Å². The number of sulfonamides is 1. The Morgan fingerprint density at radius 2 is 2.00 bits per heavy atom. The Balaban J connectivity index is 2.01. The van der Waals surface area contributed by atoms with E-state index in [4.69, 9.17) is 11.6 Å². The van der Waals surface area contributed by atoms with E-state index in [1.807, 2.05) is 30.1 Å². The Morgan fingerprint density at radius 3 is 2.63 bits per heavy atom. The summed E-state index contributed by atoms with van der Waals surface area (Å²) >= 11 is 5.96. The van der Waals surface area contributed by atoms with Crippen LogP contribution in [0.15, 0.2) is 42.7 Å². The summed E-state index contributed by atoms with van der Waals surface area (Å²) in [6.45, 7) is 0.285. The zero-order valence-electron chi connectivity index (χ0n) is 10.5. The molecule has 1 N–H and O–H groups in total. The van der Waals surface area contributed by atoms with Crippen LogP contribution in [0, 0.1) is 0 Å². The lowest BCUT2D eigenvalue weighted by Crippen LogP contribution is -2.24. The summed E-state index contributed by atoms with van der Waals surface area (Å²) in [4.78, 5) is 0. The number of nitrogens with zero attached hydrogens (tertiary/aromatic N) is 1. The highest BCUT2D eigenvalue weighted by Gasteiger charge is 2.13. The van der Waals surface area contributed by atoms with Crippen molar-refractivity contribution in [3.63, 3.8) is 0 Å². The predicted octanol–water partition coefficient (Wildman–Crippen LogP) is 2.30. The van der Waals surface area contributed by atoms with Crippen LogP contribution in [0.25, 0.3) is 0 Å². The molecule has 1 aromatic heterocycles. The van der Waals surface area contributed by atoms with Gasteiger partial charge in [0.15, 0.2) is 0 Å². The van der Waals surface area contributed by atoms with Crippen LogP contribution in [0.3, 0.4) is 0 Å². The van der Waals surface area contributed by atoms with Crippen LogP contribution in [0.2, 0.25) is 5.02 Å². The van der Waals surface area contributed by atoms with Gasteiger partial charge in [0.1, 0.15) is 0 Å². The zero-order valence-corrected chi connectivity index (χ0v) is 12.1. The molecule has 102 valence electrons. The standard InChI is InChI=1S/C13H15ClN2O2S/c1-16-7-6-11(9-16)8-15-19(17,18)10-12-4-2-3-5-13(12)14/h2-7,9,15H,8,10H2,1H3. The average Bonchev–Trinajstić information content (AvgIpc) is 2.76. The third-order valence-corrected chi connectivity index (χ3v) is 4.34. The molecule has 6 heteroatoms. The Labute approximate surface area is 118 Å². The maximum Gasteiger partial charge on any atom is 0.216 e. The molecule has 0 aliphatic carbocycles. The van der Waals surface area contributed by atoms with Crippen molar-refractivity contribution >= 4 is 21.6 Å². The number of rotatable bonds is 5. The zero-order chi connectivity index (χ0) is 13.9. The van der Waals surface area contributed by atoms with E-state index in [2.05, 4.69) is 4.72 Å². The van der Waals surface area contributed by atoms with Crippen LogP contribution in [0.4, 0.5) is 0 Å². The van der Waals surface area contributed by atoms with Crippen molar-refractivity contribution in [3.05, 3.63) is 58.9 Å². The van der Waals surface area contributed by atoms with Gasteiger partial charge in [-0.1, -0.05) is 29.8 Å². The Morgan fingerprint density at radius 1 is 1.26 bits per heavy atom. The molecule has 0 aliphatic heterocycles. The second kappa shape index (κ2) is 5.77. The van der Waals surface area contributed by atoms with Crippen molar-refractivity contribution < 1.29 is 8.42 Å². The molecule has 1 heterocycles. The fraction of sp³-hybridized carbons (Fsp3) is 0.231. The second-order valence-corrected chi connectivity index (χ2v) is 6.57. The molecule has 0 radical (unpaired) electrons. The van der Waals surface area contributed by atoms with Gasteiger partial charge in [-0.3, -0.25) is 0 Å². The molecule has 2 rings (SSSR count). The topological polar surface area (TPSA) is 51.1 Å². The van der Waals surface area contributed by atoms with Gasteiger partial charge in [0, 0.05) is 31.0 Å². The first-order valence-corrected chi connectivity index (χ1v) is 7.81. The first-order valence-electron chi connectivity index (χ1n) is 5.78. The summed E-state index contributed by atoms with van der Waals surface area (Å²) in [5.41, 5.74) is 1.52. The molecule has 0 amide bonds. The summed E-state index contributed by atoms with van der Waals surface area (Å²) in [6.07, 6.45) is 3.75. The largest absolute Gasteiger partial charge is 0.357 e. The number of halogens is 1. The van der Waals surface area contributed by atoms with E-state index in [0.717, 1.165) is 5.56 Å². The van der Waals surface area contributed by atoms with Crippen LogP contribution in [0.1, 0.15) is 11.1 Å². The SMILES string of the molecule is Cn1ccc(CNS(=O)(=O)Cc2ccccc2Cl)c1. The van der Waals surface area contributed by atoms with E-state index in [0.29, 0.717) is 10.6 Å². The lowest BCUT2D eigenvalue weighted by atomic mass is 10.2. The number of aryl methyl sites for hydroxylation is 1. The van der Waals surface area contributed by atoms with E-state index >= 15 is 0 Å². The first-order chi connectivity index (χ1) is 8.96. The Bertz CT molecular complexity index is 665. The molecular weight excluding hydrogens is 284 g/mol. The minimum atomic E-state index is -3.39. The normalized spacial score (nSPS) is 11.7. The van der Waals surface area contributed by atoms with Gasteiger partial charge < -0.3 is 4.57 Å². The Hall–Kier alpha value is -1.30. The molecule has 4 nitrogen and oxygen atoms in total. The fourth-order valence-electron chi connectivity index (χ4n) is 1.73. The molecule has 0 fully saturated rings. The van der Waals surface area contributed by atoms with Crippen molar-refractivity contribution in [2.45, 2.75) is 12.3 Å². The predicted molar refractivity (Wildman–Crippen MR) is 76.3 cm³/mol. The van der Waals surface area contributed by atoms with Crippen molar-refractivity contribution in [2.75, 3.05) is 0 Å². The molecule has 2 aromatic rings. The lowest BCUT2D eigenvalue weighted by Gasteiger charge is -2.07. The van der Waals surface area contributed by atoms with E-state index in [1.165, 1.54) is 0 Å². The number of hydrogen-bond acceptors (Lipinski definition) is 2. The summed E-state index contributed by atoms with van der Waals surface area (Å²) in [5, 5.41) is 0.465. The van der Waals surface area contributed by atoms with Crippen molar-refractivity contribution in [1.29, 1.82) is 0 Å². The minimum absolute atomic E-state index is 0.112. The summed E-state index contributed by atoms with van der Waals surface area (Å²) in [7, 11) is -1.50. The monoisotopic (exact) mass is 298 g/mol. The van der Waals surface area contributed by atoms with E-state index < -0.39 is 10.0 Å². The van der Waals surface area contributed by atoms with Crippen LogP contribution < -0.4 is 4.72 Å². The van der Waals surface area contributed by atoms with Gasteiger partial charge in [0.25, 0.3) is 0 Å². The minimum Gasteiger partial charge on any atom is -0.357 e. The molecule has 0 spiro atoms. The smallest absolute Gasteiger partial charge is 0.216 e. The van der Waals surface area contributed by atoms with Crippen molar-refractivity contribution in [1.82, 2.24) is 9.29 Å². The molecule has 1 aromatic carbocycles. The van der Waals surface area contributed by atoms with Gasteiger partial charge in [-0.05, 0) is 23.3 Å². The van der Waals surface area contributed by atoms with Crippen LogP contribution in [0.5, 0.6) is 0 Å². The average molecular weight is 299 g/mol. The van der Waals surface area contributed by atoms with E-state index in [-0.39, 0.29) is 12.3 Å². The quantitative estimate of drug-likeness (QED) is 0.921. The highest BCUT2D eigenvalue weighted by Crippen LogP contribution is 2.17. The molecule has 0 atom stereocenters. The third-order valence-electron chi connectivity index (χ3n) is 2.69. The Kier molecular flexibility index (Phi) is 4.29. The molecule has 0 aliphatic rings. The van der Waals surface area contributed by atoms with E-state index in [1.54, 1.807) is 24.3 Å². The maximum atomic E-state index is 12.0.